The standard InChI is InChI=1S/C17H19Cl2N3O2S/c1-10(15(23)20-14-8-7-12(18)9-13(14)19)25-17-22-21-16(24-17)11-5-3-2-4-6-11/h7-11H,2-6H2,1H3,(H,20,23)/t10-/m1/s1. The first-order valence-electron chi connectivity index (χ1n) is 8.29. The molecule has 8 heteroatoms. The minimum atomic E-state index is -0.397. The van der Waals surface area contributed by atoms with E-state index in [0.717, 1.165) is 12.8 Å². The maximum Gasteiger partial charge on any atom is 0.277 e. The first-order chi connectivity index (χ1) is 12.0. The van der Waals surface area contributed by atoms with E-state index >= 15 is 0 Å². The molecule has 2 aromatic rings. The van der Waals surface area contributed by atoms with Crippen LogP contribution in [-0.2, 0) is 4.79 Å². The zero-order valence-corrected chi connectivity index (χ0v) is 16.1. The van der Waals surface area contributed by atoms with Gasteiger partial charge in [-0.1, -0.05) is 54.2 Å². The van der Waals surface area contributed by atoms with E-state index in [9.17, 15) is 4.79 Å². The van der Waals surface area contributed by atoms with Crippen LogP contribution in [0.4, 0.5) is 5.69 Å². The summed E-state index contributed by atoms with van der Waals surface area (Å²) in [7, 11) is 0. The topological polar surface area (TPSA) is 68.0 Å². The molecule has 1 N–H and O–H groups in total. The summed E-state index contributed by atoms with van der Waals surface area (Å²) in [6.45, 7) is 1.79. The van der Waals surface area contributed by atoms with Crippen LogP contribution >= 0.6 is 35.0 Å². The Morgan fingerprint density at radius 2 is 2.04 bits per heavy atom. The average Bonchev–Trinajstić information content (AvgIpc) is 3.06. The fourth-order valence-electron chi connectivity index (χ4n) is 2.81. The normalized spacial score (nSPS) is 16.6. The van der Waals surface area contributed by atoms with Gasteiger partial charge in [0, 0.05) is 10.9 Å². The Balaban J connectivity index is 1.58. The third-order valence-electron chi connectivity index (χ3n) is 4.21. The lowest BCUT2D eigenvalue weighted by Gasteiger charge is -2.17. The lowest BCUT2D eigenvalue weighted by molar-refractivity contribution is -0.115. The molecule has 1 aliphatic rings. The molecule has 0 spiro atoms. The first-order valence-corrected chi connectivity index (χ1v) is 9.92. The third-order valence-corrected chi connectivity index (χ3v) is 5.69. The number of anilines is 1. The van der Waals surface area contributed by atoms with Crippen molar-refractivity contribution in [1.29, 1.82) is 0 Å². The molecule has 1 heterocycles. The number of benzene rings is 1. The van der Waals surface area contributed by atoms with Crippen LogP contribution in [0.15, 0.2) is 27.8 Å². The van der Waals surface area contributed by atoms with Gasteiger partial charge in [-0.15, -0.1) is 10.2 Å². The number of amides is 1. The molecule has 1 amide bonds. The maximum absolute atomic E-state index is 12.3. The summed E-state index contributed by atoms with van der Waals surface area (Å²) in [5.41, 5.74) is 0.525. The van der Waals surface area contributed by atoms with Gasteiger partial charge in [0.25, 0.3) is 5.22 Å². The molecular weight excluding hydrogens is 381 g/mol. The highest BCUT2D eigenvalue weighted by Gasteiger charge is 2.23. The molecular formula is C17H19Cl2N3O2S. The summed E-state index contributed by atoms with van der Waals surface area (Å²) in [5.74, 6) is 0.856. The summed E-state index contributed by atoms with van der Waals surface area (Å²) in [6.07, 6.45) is 5.87. The van der Waals surface area contributed by atoms with E-state index in [1.165, 1.54) is 31.0 Å². The smallest absolute Gasteiger partial charge is 0.277 e. The Hall–Kier alpha value is -1.24. The van der Waals surface area contributed by atoms with Gasteiger partial charge in [-0.05, 0) is 38.0 Å². The van der Waals surface area contributed by atoms with Gasteiger partial charge in [-0.3, -0.25) is 4.79 Å². The molecule has 1 aliphatic carbocycles. The van der Waals surface area contributed by atoms with Crippen molar-refractivity contribution in [2.24, 2.45) is 0 Å². The van der Waals surface area contributed by atoms with Gasteiger partial charge in [-0.25, -0.2) is 0 Å². The van der Waals surface area contributed by atoms with Crippen LogP contribution in [0, 0.1) is 0 Å². The van der Waals surface area contributed by atoms with Crippen molar-refractivity contribution in [2.75, 3.05) is 5.32 Å². The van der Waals surface area contributed by atoms with Gasteiger partial charge in [0.1, 0.15) is 0 Å². The van der Waals surface area contributed by atoms with Crippen LogP contribution in [0.5, 0.6) is 0 Å². The lowest BCUT2D eigenvalue weighted by atomic mass is 9.89. The van der Waals surface area contributed by atoms with E-state index in [1.807, 2.05) is 0 Å². The van der Waals surface area contributed by atoms with E-state index in [0.29, 0.717) is 32.8 Å². The number of carbonyl (C=O) groups is 1. The van der Waals surface area contributed by atoms with Crippen LogP contribution in [0.25, 0.3) is 0 Å². The summed E-state index contributed by atoms with van der Waals surface area (Å²) < 4.78 is 5.75. The Morgan fingerprint density at radius 1 is 1.28 bits per heavy atom. The van der Waals surface area contributed by atoms with Crippen molar-refractivity contribution >= 4 is 46.6 Å². The van der Waals surface area contributed by atoms with Crippen molar-refractivity contribution in [3.05, 3.63) is 34.1 Å². The van der Waals surface area contributed by atoms with Crippen LogP contribution in [0.3, 0.4) is 0 Å². The van der Waals surface area contributed by atoms with Gasteiger partial charge in [-0.2, -0.15) is 0 Å². The molecule has 0 saturated heterocycles. The van der Waals surface area contributed by atoms with E-state index in [-0.39, 0.29) is 5.91 Å². The van der Waals surface area contributed by atoms with Gasteiger partial charge in [0.05, 0.1) is 16.0 Å². The number of nitrogens with one attached hydrogen (secondary N) is 1. The predicted molar refractivity (Wildman–Crippen MR) is 101 cm³/mol. The molecule has 1 aromatic carbocycles. The summed E-state index contributed by atoms with van der Waals surface area (Å²) in [5, 5.41) is 12.0. The Labute approximate surface area is 160 Å². The van der Waals surface area contributed by atoms with Gasteiger partial charge < -0.3 is 9.73 Å². The minimum Gasteiger partial charge on any atom is -0.416 e. The maximum atomic E-state index is 12.3. The van der Waals surface area contributed by atoms with E-state index in [2.05, 4.69) is 15.5 Å². The molecule has 1 aromatic heterocycles. The Kier molecular flexibility index (Phi) is 6.25. The number of hydrogen-bond donors (Lipinski definition) is 1. The van der Waals surface area contributed by atoms with Crippen molar-refractivity contribution in [3.63, 3.8) is 0 Å². The predicted octanol–water partition coefficient (Wildman–Crippen LogP) is 5.54. The molecule has 0 aliphatic heterocycles. The Morgan fingerprint density at radius 3 is 2.76 bits per heavy atom. The molecule has 3 rings (SSSR count). The SMILES string of the molecule is C[C@@H](Sc1nnc(C2CCCCC2)o1)C(=O)Nc1ccc(Cl)cc1Cl. The Bertz CT molecular complexity index is 747. The molecule has 0 radical (unpaired) electrons. The summed E-state index contributed by atoms with van der Waals surface area (Å²) in [4.78, 5) is 12.3. The van der Waals surface area contributed by atoms with Gasteiger partial charge in [0.2, 0.25) is 11.8 Å². The largest absolute Gasteiger partial charge is 0.416 e. The van der Waals surface area contributed by atoms with Crippen LogP contribution in [-0.4, -0.2) is 21.4 Å². The van der Waals surface area contributed by atoms with E-state index < -0.39 is 5.25 Å². The fraction of sp³-hybridized carbons (Fsp3) is 0.471. The van der Waals surface area contributed by atoms with Gasteiger partial charge in [0.15, 0.2) is 0 Å². The number of carbonyl (C=O) groups excluding carboxylic acids is 1. The zero-order chi connectivity index (χ0) is 17.8. The van der Waals surface area contributed by atoms with Crippen molar-refractivity contribution in [3.8, 4) is 0 Å². The summed E-state index contributed by atoms with van der Waals surface area (Å²) in [6, 6.07) is 4.94. The fourth-order valence-corrected chi connectivity index (χ4v) is 3.96. The highest BCUT2D eigenvalue weighted by atomic mass is 35.5. The highest BCUT2D eigenvalue weighted by Crippen LogP contribution is 2.34. The van der Waals surface area contributed by atoms with E-state index in [4.69, 9.17) is 27.6 Å². The third kappa shape index (κ3) is 4.90. The second-order valence-electron chi connectivity index (χ2n) is 6.11. The number of thioether (sulfide) groups is 1. The van der Waals surface area contributed by atoms with Gasteiger partial charge >= 0.3 is 0 Å². The molecule has 0 unspecified atom stereocenters. The second-order valence-corrected chi connectivity index (χ2v) is 8.25. The molecule has 1 fully saturated rings. The molecule has 25 heavy (non-hydrogen) atoms. The quantitative estimate of drug-likeness (QED) is 0.667. The first kappa shape index (κ1) is 18.5. The number of halogens is 2. The molecule has 134 valence electrons. The van der Waals surface area contributed by atoms with Crippen LogP contribution in [0.1, 0.15) is 50.8 Å². The number of hydrogen-bond acceptors (Lipinski definition) is 5. The number of aromatic nitrogens is 2. The summed E-state index contributed by atoms with van der Waals surface area (Å²) >= 11 is 13.2. The second kappa shape index (κ2) is 8.43. The van der Waals surface area contributed by atoms with Crippen molar-refractivity contribution in [2.45, 2.75) is 55.4 Å². The van der Waals surface area contributed by atoms with Crippen molar-refractivity contribution < 1.29 is 9.21 Å². The zero-order valence-electron chi connectivity index (χ0n) is 13.8. The average molecular weight is 400 g/mol. The van der Waals surface area contributed by atoms with Crippen LogP contribution < -0.4 is 5.32 Å². The van der Waals surface area contributed by atoms with Crippen molar-refractivity contribution in [1.82, 2.24) is 10.2 Å². The monoisotopic (exact) mass is 399 g/mol. The lowest BCUT2D eigenvalue weighted by Crippen LogP contribution is -2.22. The molecule has 1 saturated carbocycles. The number of nitrogens with zero attached hydrogens (tertiary/aromatic N) is 2. The molecule has 1 atom stereocenters. The van der Waals surface area contributed by atoms with E-state index in [1.54, 1.807) is 25.1 Å². The highest BCUT2D eigenvalue weighted by molar-refractivity contribution is 8.00. The number of rotatable bonds is 5. The minimum absolute atomic E-state index is 0.188. The molecule has 0 bridgehead atoms. The van der Waals surface area contributed by atoms with Crippen LogP contribution in [0.2, 0.25) is 10.0 Å². The molecule has 5 nitrogen and oxygen atoms in total.